The van der Waals surface area contributed by atoms with Gasteiger partial charge < -0.3 is 10.6 Å². The number of rotatable bonds is 6. The largest absolute Gasteiger partial charge is 0.399 e. The van der Waals surface area contributed by atoms with E-state index in [1.807, 2.05) is 6.07 Å². The number of nitrogens with zero attached hydrogens (tertiary/aromatic N) is 1. The summed E-state index contributed by atoms with van der Waals surface area (Å²) < 4.78 is 0. The summed E-state index contributed by atoms with van der Waals surface area (Å²) in [7, 11) is 0. The standard InChI is InChI=1S/C15H26N2/c1-5-13(6-2)11-17(7-3)15-9-8-14(16)10-12(15)4/h8-10,13H,5-7,11,16H2,1-4H3. The molecular weight excluding hydrogens is 208 g/mol. The highest BCUT2D eigenvalue weighted by Gasteiger charge is 2.12. The van der Waals surface area contributed by atoms with Gasteiger partial charge in [0, 0.05) is 24.5 Å². The molecule has 0 aliphatic rings. The van der Waals surface area contributed by atoms with Crippen molar-refractivity contribution in [3.63, 3.8) is 0 Å². The maximum absolute atomic E-state index is 5.80. The van der Waals surface area contributed by atoms with Crippen LogP contribution in [0.1, 0.15) is 39.2 Å². The van der Waals surface area contributed by atoms with Crippen molar-refractivity contribution in [1.82, 2.24) is 0 Å². The van der Waals surface area contributed by atoms with Gasteiger partial charge in [0.15, 0.2) is 0 Å². The first kappa shape index (κ1) is 13.9. The van der Waals surface area contributed by atoms with Crippen molar-refractivity contribution in [2.24, 2.45) is 5.92 Å². The van der Waals surface area contributed by atoms with Crippen molar-refractivity contribution in [2.45, 2.75) is 40.5 Å². The molecule has 0 atom stereocenters. The van der Waals surface area contributed by atoms with E-state index in [0.717, 1.165) is 24.7 Å². The Bertz CT molecular complexity index is 343. The number of hydrogen-bond donors (Lipinski definition) is 1. The summed E-state index contributed by atoms with van der Waals surface area (Å²) in [6, 6.07) is 6.21. The van der Waals surface area contributed by atoms with Crippen LogP contribution in [0, 0.1) is 12.8 Å². The average molecular weight is 234 g/mol. The summed E-state index contributed by atoms with van der Waals surface area (Å²) in [5.41, 5.74) is 9.26. The van der Waals surface area contributed by atoms with Gasteiger partial charge in [-0.25, -0.2) is 0 Å². The van der Waals surface area contributed by atoms with E-state index in [1.54, 1.807) is 0 Å². The Morgan fingerprint density at radius 2 is 1.82 bits per heavy atom. The van der Waals surface area contributed by atoms with Gasteiger partial charge in [-0.2, -0.15) is 0 Å². The summed E-state index contributed by atoms with van der Waals surface area (Å²) in [4.78, 5) is 2.46. The number of hydrogen-bond acceptors (Lipinski definition) is 2. The molecule has 1 aromatic carbocycles. The second-order valence-corrected chi connectivity index (χ2v) is 4.77. The molecule has 1 aromatic rings. The molecule has 2 heteroatoms. The van der Waals surface area contributed by atoms with Gasteiger partial charge in [0.05, 0.1) is 0 Å². The fourth-order valence-corrected chi connectivity index (χ4v) is 2.29. The lowest BCUT2D eigenvalue weighted by Crippen LogP contribution is -2.29. The second-order valence-electron chi connectivity index (χ2n) is 4.77. The number of nitrogens with two attached hydrogens (primary N) is 1. The molecule has 0 saturated heterocycles. The number of benzene rings is 1. The maximum Gasteiger partial charge on any atom is 0.0397 e. The molecule has 96 valence electrons. The lowest BCUT2D eigenvalue weighted by atomic mass is 10.0. The van der Waals surface area contributed by atoms with Gasteiger partial charge in [-0.3, -0.25) is 0 Å². The molecule has 2 N–H and O–H groups in total. The fourth-order valence-electron chi connectivity index (χ4n) is 2.29. The molecule has 0 aliphatic heterocycles. The van der Waals surface area contributed by atoms with Gasteiger partial charge >= 0.3 is 0 Å². The summed E-state index contributed by atoms with van der Waals surface area (Å²) in [5.74, 6) is 0.784. The third-order valence-electron chi connectivity index (χ3n) is 3.58. The van der Waals surface area contributed by atoms with Crippen LogP contribution >= 0.6 is 0 Å². The SMILES string of the molecule is CCC(CC)CN(CC)c1ccc(N)cc1C. The Balaban J connectivity index is 2.85. The van der Waals surface area contributed by atoms with E-state index in [9.17, 15) is 0 Å². The summed E-state index contributed by atoms with van der Waals surface area (Å²) in [6.45, 7) is 11.1. The molecule has 0 amide bonds. The average Bonchev–Trinajstić information content (AvgIpc) is 2.32. The van der Waals surface area contributed by atoms with Gasteiger partial charge in [0.1, 0.15) is 0 Å². The van der Waals surface area contributed by atoms with Crippen LogP contribution in [-0.4, -0.2) is 13.1 Å². The van der Waals surface area contributed by atoms with E-state index in [4.69, 9.17) is 5.73 Å². The molecule has 0 spiro atoms. The molecule has 0 radical (unpaired) electrons. The summed E-state index contributed by atoms with van der Waals surface area (Å²) >= 11 is 0. The normalized spacial score (nSPS) is 10.9. The van der Waals surface area contributed by atoms with Crippen LogP contribution in [-0.2, 0) is 0 Å². The van der Waals surface area contributed by atoms with Gasteiger partial charge in [-0.05, 0) is 43.5 Å². The molecule has 0 aliphatic carbocycles. The number of nitrogen functional groups attached to an aromatic ring is 1. The van der Waals surface area contributed by atoms with Crippen molar-refractivity contribution in [3.05, 3.63) is 23.8 Å². The molecule has 1 rings (SSSR count). The van der Waals surface area contributed by atoms with Crippen LogP contribution in [0.15, 0.2) is 18.2 Å². The molecule has 17 heavy (non-hydrogen) atoms. The summed E-state index contributed by atoms with van der Waals surface area (Å²) in [5, 5.41) is 0. The van der Waals surface area contributed by atoms with Crippen molar-refractivity contribution < 1.29 is 0 Å². The van der Waals surface area contributed by atoms with Crippen LogP contribution in [0.5, 0.6) is 0 Å². The van der Waals surface area contributed by atoms with Gasteiger partial charge in [-0.15, -0.1) is 0 Å². The Morgan fingerprint density at radius 1 is 1.18 bits per heavy atom. The Morgan fingerprint density at radius 3 is 2.29 bits per heavy atom. The molecule has 0 aromatic heterocycles. The Labute approximate surface area is 106 Å². The molecule has 0 bridgehead atoms. The van der Waals surface area contributed by atoms with E-state index in [-0.39, 0.29) is 0 Å². The van der Waals surface area contributed by atoms with Crippen LogP contribution < -0.4 is 10.6 Å². The van der Waals surface area contributed by atoms with Gasteiger partial charge in [0.25, 0.3) is 0 Å². The lowest BCUT2D eigenvalue weighted by molar-refractivity contribution is 0.486. The second kappa shape index (κ2) is 6.53. The third kappa shape index (κ3) is 3.65. The molecule has 0 heterocycles. The Kier molecular flexibility index (Phi) is 5.33. The van der Waals surface area contributed by atoms with Gasteiger partial charge in [0.2, 0.25) is 0 Å². The first-order valence-electron chi connectivity index (χ1n) is 6.73. The highest BCUT2D eigenvalue weighted by Crippen LogP contribution is 2.24. The zero-order valence-corrected chi connectivity index (χ0v) is 11.7. The predicted octanol–water partition coefficient (Wildman–Crippen LogP) is 3.84. The zero-order valence-electron chi connectivity index (χ0n) is 11.7. The zero-order chi connectivity index (χ0) is 12.8. The number of anilines is 2. The topological polar surface area (TPSA) is 29.3 Å². The van der Waals surface area contributed by atoms with Crippen LogP contribution in [0.25, 0.3) is 0 Å². The van der Waals surface area contributed by atoms with Gasteiger partial charge in [-0.1, -0.05) is 26.7 Å². The smallest absolute Gasteiger partial charge is 0.0397 e. The maximum atomic E-state index is 5.80. The molecule has 2 nitrogen and oxygen atoms in total. The number of aryl methyl sites for hydroxylation is 1. The van der Waals surface area contributed by atoms with E-state index >= 15 is 0 Å². The molecule has 0 saturated carbocycles. The van der Waals surface area contributed by atoms with E-state index < -0.39 is 0 Å². The lowest BCUT2D eigenvalue weighted by Gasteiger charge is -2.29. The minimum absolute atomic E-state index is 0.784. The first-order chi connectivity index (χ1) is 8.12. The highest BCUT2D eigenvalue weighted by atomic mass is 15.1. The third-order valence-corrected chi connectivity index (χ3v) is 3.58. The van der Waals surface area contributed by atoms with E-state index in [2.05, 4.69) is 44.7 Å². The molecule has 0 unspecified atom stereocenters. The first-order valence-corrected chi connectivity index (χ1v) is 6.73. The van der Waals surface area contributed by atoms with Crippen LogP contribution in [0.3, 0.4) is 0 Å². The van der Waals surface area contributed by atoms with Crippen LogP contribution in [0.2, 0.25) is 0 Å². The Hall–Kier alpha value is -1.18. The highest BCUT2D eigenvalue weighted by molar-refractivity contribution is 5.59. The van der Waals surface area contributed by atoms with Crippen molar-refractivity contribution >= 4 is 11.4 Å². The minimum atomic E-state index is 0.784. The quantitative estimate of drug-likeness (QED) is 0.758. The van der Waals surface area contributed by atoms with Crippen molar-refractivity contribution in [1.29, 1.82) is 0 Å². The van der Waals surface area contributed by atoms with E-state index in [0.29, 0.717) is 0 Å². The van der Waals surface area contributed by atoms with Crippen molar-refractivity contribution in [3.8, 4) is 0 Å². The van der Waals surface area contributed by atoms with Crippen LogP contribution in [0.4, 0.5) is 11.4 Å². The predicted molar refractivity (Wildman–Crippen MR) is 77.6 cm³/mol. The molecule has 0 fully saturated rings. The van der Waals surface area contributed by atoms with E-state index in [1.165, 1.54) is 24.1 Å². The summed E-state index contributed by atoms with van der Waals surface area (Å²) in [6.07, 6.45) is 2.50. The fraction of sp³-hybridized carbons (Fsp3) is 0.600. The molecular formula is C15H26N2. The monoisotopic (exact) mass is 234 g/mol. The minimum Gasteiger partial charge on any atom is -0.399 e. The van der Waals surface area contributed by atoms with Crippen molar-refractivity contribution in [2.75, 3.05) is 23.7 Å².